The predicted molar refractivity (Wildman–Crippen MR) is 98.7 cm³/mol. The Morgan fingerprint density at radius 3 is 2.48 bits per heavy atom. The minimum atomic E-state index is -1.35. The van der Waals surface area contributed by atoms with Crippen LogP contribution in [0.5, 0.6) is 0 Å². The summed E-state index contributed by atoms with van der Waals surface area (Å²) in [4.78, 5) is 40.4. The molecular weight excluding hydrogens is 376 g/mol. The van der Waals surface area contributed by atoms with E-state index in [1.54, 1.807) is 35.2 Å². The molecule has 2 aliphatic rings. The Morgan fingerprint density at radius 1 is 1.10 bits per heavy atom. The summed E-state index contributed by atoms with van der Waals surface area (Å²) in [5, 5.41) is 11.7. The van der Waals surface area contributed by atoms with Crippen LogP contribution in [-0.4, -0.2) is 59.0 Å². The fourth-order valence-electron chi connectivity index (χ4n) is 4.08. The topological polar surface area (TPSA) is 103 Å². The van der Waals surface area contributed by atoms with Gasteiger partial charge in [0.05, 0.1) is 24.9 Å². The van der Waals surface area contributed by atoms with Gasteiger partial charge in [0.25, 0.3) is 11.8 Å². The number of carbonyl (C=O) groups excluding carboxylic acids is 3. The first-order valence-corrected chi connectivity index (χ1v) is 9.49. The first-order chi connectivity index (χ1) is 13.9. The molecule has 0 aliphatic carbocycles. The summed E-state index contributed by atoms with van der Waals surface area (Å²) in [6, 6.07) is 9.06. The lowest BCUT2D eigenvalue weighted by molar-refractivity contribution is -0.310. The van der Waals surface area contributed by atoms with Gasteiger partial charge in [0, 0.05) is 31.5 Å². The van der Waals surface area contributed by atoms with E-state index in [0.29, 0.717) is 31.5 Å². The number of piperidine rings is 1. The zero-order chi connectivity index (χ0) is 20.6. The van der Waals surface area contributed by atoms with E-state index in [4.69, 9.17) is 9.15 Å². The maximum Gasteiger partial charge on any atom is 0.289 e. The number of furan rings is 1. The Hall–Kier alpha value is -3.13. The molecule has 2 saturated heterocycles. The van der Waals surface area contributed by atoms with Gasteiger partial charge in [0.1, 0.15) is 5.72 Å². The highest BCUT2D eigenvalue weighted by Crippen LogP contribution is 2.38. The monoisotopic (exact) mass is 397 g/mol. The van der Waals surface area contributed by atoms with Crippen molar-refractivity contribution in [3.8, 4) is 0 Å². The number of amides is 2. The number of hydrogen-bond acceptors (Lipinski definition) is 6. The van der Waals surface area contributed by atoms with Crippen molar-refractivity contribution in [2.24, 2.45) is 0 Å². The molecule has 1 aromatic carbocycles. The number of ether oxygens (including phenoxy) is 1. The molecular formula is C21H21N2O6-. The normalized spacial score (nSPS) is 20.8. The highest BCUT2D eigenvalue weighted by molar-refractivity contribution is 5.97. The van der Waals surface area contributed by atoms with E-state index in [2.05, 4.69) is 0 Å². The minimum Gasteiger partial charge on any atom is -0.548 e. The number of benzene rings is 1. The molecule has 29 heavy (non-hydrogen) atoms. The third kappa shape index (κ3) is 3.40. The fraction of sp³-hybridized carbons (Fsp3) is 0.381. The van der Waals surface area contributed by atoms with E-state index in [9.17, 15) is 19.5 Å². The van der Waals surface area contributed by atoms with Gasteiger partial charge in [-0.05, 0) is 31.2 Å². The van der Waals surface area contributed by atoms with Crippen LogP contribution in [0.4, 0.5) is 0 Å². The number of aryl methyl sites for hydroxylation is 1. The maximum atomic E-state index is 13.2. The zero-order valence-electron chi connectivity index (χ0n) is 16.0. The number of carboxylic acids is 1. The van der Waals surface area contributed by atoms with Crippen molar-refractivity contribution >= 4 is 17.8 Å². The van der Waals surface area contributed by atoms with Gasteiger partial charge in [-0.2, -0.15) is 0 Å². The van der Waals surface area contributed by atoms with Crippen LogP contribution in [0.15, 0.2) is 47.1 Å². The van der Waals surface area contributed by atoms with Crippen LogP contribution in [0.2, 0.25) is 0 Å². The molecule has 152 valence electrons. The van der Waals surface area contributed by atoms with E-state index in [1.807, 2.05) is 13.0 Å². The lowest BCUT2D eigenvalue weighted by Gasteiger charge is -2.44. The molecule has 2 fully saturated rings. The Balaban J connectivity index is 1.58. The van der Waals surface area contributed by atoms with Crippen LogP contribution >= 0.6 is 0 Å². The van der Waals surface area contributed by atoms with Crippen LogP contribution in [-0.2, 0) is 9.53 Å². The molecule has 0 saturated carbocycles. The second kappa shape index (κ2) is 7.36. The Morgan fingerprint density at radius 2 is 1.86 bits per heavy atom. The SMILES string of the molecule is Cc1cccc(C(=O)N2[C@@H](C(=O)[O-])COC23CCN(C(=O)c2ccco2)CC3)c1. The standard InChI is InChI=1S/C21H22N2O6/c1-14-4-2-5-15(12-14)18(24)23-16(20(26)27)13-29-21(23)7-9-22(10-8-21)19(25)17-6-3-11-28-17/h2-6,11-12,16H,7-10,13H2,1H3,(H,26,27)/p-1/t16-/m1/s1. The van der Waals surface area contributed by atoms with Gasteiger partial charge < -0.3 is 24.0 Å². The number of nitrogens with zero attached hydrogens (tertiary/aromatic N) is 2. The third-order valence-corrected chi connectivity index (χ3v) is 5.58. The first kappa shape index (κ1) is 19.2. The second-order valence-corrected chi connectivity index (χ2v) is 7.41. The minimum absolute atomic E-state index is 0.133. The van der Waals surface area contributed by atoms with Gasteiger partial charge in [-0.3, -0.25) is 14.5 Å². The van der Waals surface area contributed by atoms with Crippen LogP contribution in [0, 0.1) is 6.92 Å². The molecule has 8 nitrogen and oxygen atoms in total. The van der Waals surface area contributed by atoms with Gasteiger partial charge in [-0.15, -0.1) is 0 Å². The summed E-state index contributed by atoms with van der Waals surface area (Å²) in [6.45, 7) is 2.36. The average Bonchev–Trinajstić information content (AvgIpc) is 3.36. The smallest absolute Gasteiger partial charge is 0.289 e. The molecule has 2 amide bonds. The Kier molecular flexibility index (Phi) is 4.87. The summed E-state index contributed by atoms with van der Waals surface area (Å²) in [5.74, 6) is -1.76. The highest BCUT2D eigenvalue weighted by atomic mass is 16.5. The summed E-state index contributed by atoms with van der Waals surface area (Å²) >= 11 is 0. The summed E-state index contributed by atoms with van der Waals surface area (Å²) in [5.41, 5.74) is 0.218. The maximum absolute atomic E-state index is 13.2. The molecule has 0 N–H and O–H groups in total. The lowest BCUT2D eigenvalue weighted by atomic mass is 9.96. The van der Waals surface area contributed by atoms with Crippen LogP contribution in [0.1, 0.15) is 39.3 Å². The second-order valence-electron chi connectivity index (χ2n) is 7.41. The number of carboxylic acid groups (broad SMARTS) is 1. The molecule has 4 rings (SSSR count). The van der Waals surface area contributed by atoms with Gasteiger partial charge in [0.2, 0.25) is 0 Å². The van der Waals surface area contributed by atoms with Crippen molar-refractivity contribution < 1.29 is 28.6 Å². The van der Waals surface area contributed by atoms with E-state index in [-0.39, 0.29) is 18.3 Å². The largest absolute Gasteiger partial charge is 0.548 e. The molecule has 2 aromatic rings. The zero-order valence-corrected chi connectivity index (χ0v) is 16.0. The molecule has 0 bridgehead atoms. The van der Waals surface area contributed by atoms with E-state index >= 15 is 0 Å². The molecule has 3 heterocycles. The highest BCUT2D eigenvalue weighted by Gasteiger charge is 2.52. The van der Waals surface area contributed by atoms with Gasteiger partial charge in [-0.1, -0.05) is 17.7 Å². The quantitative estimate of drug-likeness (QED) is 0.759. The van der Waals surface area contributed by atoms with Crippen molar-refractivity contribution in [3.63, 3.8) is 0 Å². The first-order valence-electron chi connectivity index (χ1n) is 9.49. The molecule has 1 aromatic heterocycles. The van der Waals surface area contributed by atoms with Crippen LogP contribution in [0.3, 0.4) is 0 Å². The van der Waals surface area contributed by atoms with E-state index < -0.39 is 23.6 Å². The number of aliphatic carboxylic acids is 1. The summed E-state index contributed by atoms with van der Waals surface area (Å²) < 4.78 is 11.1. The molecule has 8 heteroatoms. The number of likely N-dealkylation sites (tertiary alicyclic amines) is 1. The van der Waals surface area contributed by atoms with Gasteiger partial charge in [-0.25, -0.2) is 0 Å². The molecule has 2 aliphatic heterocycles. The van der Waals surface area contributed by atoms with Crippen LogP contribution < -0.4 is 5.11 Å². The van der Waals surface area contributed by atoms with Crippen molar-refractivity contribution in [3.05, 3.63) is 59.5 Å². The Bertz CT molecular complexity index is 930. The summed E-state index contributed by atoms with van der Waals surface area (Å²) in [7, 11) is 0. The molecule has 1 spiro atoms. The number of hydrogen-bond donors (Lipinski definition) is 0. The van der Waals surface area contributed by atoms with Crippen molar-refractivity contribution in [2.75, 3.05) is 19.7 Å². The molecule has 0 radical (unpaired) electrons. The lowest BCUT2D eigenvalue weighted by Crippen LogP contribution is -2.60. The summed E-state index contributed by atoms with van der Waals surface area (Å²) in [6.07, 6.45) is 2.05. The average molecular weight is 397 g/mol. The van der Waals surface area contributed by atoms with E-state index in [0.717, 1.165) is 5.56 Å². The number of carbonyl (C=O) groups is 3. The van der Waals surface area contributed by atoms with E-state index in [1.165, 1.54) is 11.2 Å². The van der Waals surface area contributed by atoms with Crippen molar-refractivity contribution in [2.45, 2.75) is 31.5 Å². The predicted octanol–water partition coefficient (Wildman–Crippen LogP) is 0.811. The molecule has 1 atom stereocenters. The Labute approximate surface area is 167 Å². The van der Waals surface area contributed by atoms with Gasteiger partial charge >= 0.3 is 0 Å². The van der Waals surface area contributed by atoms with Crippen LogP contribution in [0.25, 0.3) is 0 Å². The number of rotatable bonds is 3. The van der Waals surface area contributed by atoms with Crippen molar-refractivity contribution in [1.29, 1.82) is 0 Å². The third-order valence-electron chi connectivity index (χ3n) is 5.58. The van der Waals surface area contributed by atoms with Crippen molar-refractivity contribution in [1.82, 2.24) is 9.80 Å². The molecule has 0 unspecified atom stereocenters. The van der Waals surface area contributed by atoms with Gasteiger partial charge in [0.15, 0.2) is 5.76 Å². The fourth-order valence-corrected chi connectivity index (χ4v) is 4.08.